The normalized spacial score (nSPS) is 18.0. The minimum absolute atomic E-state index is 0.0411. The van der Waals surface area contributed by atoms with Crippen LogP contribution in [0.4, 0.5) is 17.6 Å². The van der Waals surface area contributed by atoms with Crippen molar-refractivity contribution in [1.82, 2.24) is 0 Å². The van der Waals surface area contributed by atoms with Crippen molar-refractivity contribution in [2.24, 2.45) is 5.92 Å². The van der Waals surface area contributed by atoms with Gasteiger partial charge in [-0.2, -0.15) is 4.39 Å². The van der Waals surface area contributed by atoms with E-state index >= 15 is 0 Å². The topological polar surface area (TPSA) is 27.7 Å². The van der Waals surface area contributed by atoms with Crippen molar-refractivity contribution in [3.63, 3.8) is 0 Å². The maximum absolute atomic E-state index is 14.9. The Kier molecular flexibility index (Phi) is 8.13. The van der Waals surface area contributed by atoms with Crippen molar-refractivity contribution in [2.45, 2.75) is 39.0 Å². The van der Waals surface area contributed by atoms with E-state index in [0.717, 1.165) is 6.42 Å². The summed E-state index contributed by atoms with van der Waals surface area (Å²) in [6, 6.07) is 11.8. The van der Waals surface area contributed by atoms with Gasteiger partial charge in [-0.1, -0.05) is 42.7 Å². The summed E-state index contributed by atoms with van der Waals surface area (Å²) in [6.45, 7) is 2.25. The Morgan fingerprint density at radius 2 is 1.46 bits per heavy atom. The number of halogens is 4. The Labute approximate surface area is 203 Å². The van der Waals surface area contributed by atoms with Gasteiger partial charge in [0.2, 0.25) is 5.82 Å². The number of hydrogen-bond acceptors (Lipinski definition) is 3. The molecule has 1 heterocycles. The van der Waals surface area contributed by atoms with E-state index in [2.05, 4.69) is 0 Å². The Hall–Kier alpha value is -2.84. The summed E-state index contributed by atoms with van der Waals surface area (Å²) in [5, 5.41) is 0. The van der Waals surface area contributed by atoms with Crippen molar-refractivity contribution >= 4 is 7.85 Å². The van der Waals surface area contributed by atoms with Crippen LogP contribution in [-0.2, 0) is 16.1 Å². The van der Waals surface area contributed by atoms with E-state index in [1.807, 2.05) is 0 Å². The van der Waals surface area contributed by atoms with Gasteiger partial charge in [0.1, 0.15) is 0 Å². The molecule has 1 fully saturated rings. The molecule has 1 aliphatic heterocycles. The molecule has 3 nitrogen and oxygen atoms in total. The average Bonchev–Trinajstić information content (AvgIpc) is 2.88. The van der Waals surface area contributed by atoms with Gasteiger partial charge in [-0.25, -0.2) is 13.2 Å². The fraction of sp³-hybridized carbons (Fsp3) is 0.333. The molecule has 4 rings (SSSR count). The maximum atomic E-state index is 14.9. The lowest BCUT2D eigenvalue weighted by Crippen LogP contribution is -2.27. The molecule has 0 saturated carbocycles. The summed E-state index contributed by atoms with van der Waals surface area (Å²) in [4.78, 5) is 0. The Morgan fingerprint density at radius 1 is 0.829 bits per heavy atom. The van der Waals surface area contributed by atoms with Crippen LogP contribution in [0.1, 0.15) is 25.3 Å². The van der Waals surface area contributed by atoms with Crippen molar-refractivity contribution in [1.29, 1.82) is 0 Å². The molecular formula is C27H25BF4O3. The molecule has 0 aliphatic carbocycles. The number of rotatable bonds is 8. The SMILES string of the molecule is [B]CC1CCC(OCc2ccc(-c3ccc(-c4ccc(OCC)c(F)c4F)cc3)c(F)c2F)OC1. The number of benzene rings is 3. The third-order valence-electron chi connectivity index (χ3n) is 6.10. The summed E-state index contributed by atoms with van der Waals surface area (Å²) < 4.78 is 74.6. The monoisotopic (exact) mass is 484 g/mol. The number of hydrogen-bond donors (Lipinski definition) is 0. The fourth-order valence-electron chi connectivity index (χ4n) is 4.06. The van der Waals surface area contributed by atoms with Crippen LogP contribution in [0.2, 0.25) is 6.32 Å². The Morgan fingerprint density at radius 3 is 2.03 bits per heavy atom. The summed E-state index contributed by atoms with van der Waals surface area (Å²) >= 11 is 0. The van der Waals surface area contributed by atoms with Gasteiger partial charge in [-0.15, -0.1) is 0 Å². The minimum Gasteiger partial charge on any atom is -0.491 e. The van der Waals surface area contributed by atoms with E-state index in [1.54, 1.807) is 6.92 Å². The van der Waals surface area contributed by atoms with Crippen LogP contribution in [0, 0.1) is 29.2 Å². The smallest absolute Gasteiger partial charge is 0.201 e. The van der Waals surface area contributed by atoms with E-state index in [9.17, 15) is 17.6 Å². The van der Waals surface area contributed by atoms with Gasteiger partial charge in [0.25, 0.3) is 0 Å². The molecule has 2 unspecified atom stereocenters. The molecule has 1 saturated heterocycles. The zero-order valence-electron chi connectivity index (χ0n) is 19.3. The Balaban J connectivity index is 1.48. The summed E-state index contributed by atoms with van der Waals surface area (Å²) in [7, 11) is 5.63. The maximum Gasteiger partial charge on any atom is 0.201 e. The summed E-state index contributed by atoms with van der Waals surface area (Å²) in [5.41, 5.74) is 0.964. The summed E-state index contributed by atoms with van der Waals surface area (Å²) in [5.74, 6) is -3.99. The number of ether oxygens (including phenoxy) is 3. The van der Waals surface area contributed by atoms with Crippen LogP contribution >= 0.6 is 0 Å². The second-order valence-corrected chi connectivity index (χ2v) is 8.40. The molecule has 0 aromatic heterocycles. The Bertz CT molecular complexity index is 1160. The molecular weight excluding hydrogens is 459 g/mol. The fourth-order valence-corrected chi connectivity index (χ4v) is 4.06. The minimum atomic E-state index is -1.07. The van der Waals surface area contributed by atoms with Crippen molar-refractivity contribution in [3.05, 3.63) is 77.4 Å². The van der Waals surface area contributed by atoms with E-state index in [4.69, 9.17) is 22.1 Å². The second kappa shape index (κ2) is 11.3. The predicted octanol–water partition coefficient (Wildman–Crippen LogP) is 6.83. The zero-order valence-corrected chi connectivity index (χ0v) is 19.3. The predicted molar refractivity (Wildman–Crippen MR) is 126 cm³/mol. The lowest BCUT2D eigenvalue weighted by molar-refractivity contribution is -0.179. The zero-order chi connectivity index (χ0) is 24.9. The largest absolute Gasteiger partial charge is 0.491 e. The molecule has 35 heavy (non-hydrogen) atoms. The molecule has 0 amide bonds. The van der Waals surface area contributed by atoms with Gasteiger partial charge in [0, 0.05) is 16.7 Å². The molecule has 0 bridgehead atoms. The highest BCUT2D eigenvalue weighted by Gasteiger charge is 2.22. The average molecular weight is 484 g/mol. The third-order valence-corrected chi connectivity index (χ3v) is 6.10. The van der Waals surface area contributed by atoms with Crippen LogP contribution in [0.15, 0.2) is 48.5 Å². The molecule has 182 valence electrons. The first-order chi connectivity index (χ1) is 16.9. The summed E-state index contributed by atoms with van der Waals surface area (Å²) in [6.07, 6.45) is 1.58. The van der Waals surface area contributed by atoms with Crippen LogP contribution in [0.5, 0.6) is 5.75 Å². The standard InChI is InChI=1S/C27H25BF4O3/c1-2-33-22-11-10-21(26(31)27(22)32)18-6-4-17(5-7-18)20-9-8-19(24(29)25(20)30)15-35-23-12-3-16(13-28)14-34-23/h4-11,16,23H,2-3,12-15H2,1H3. The van der Waals surface area contributed by atoms with E-state index in [1.165, 1.54) is 48.5 Å². The van der Waals surface area contributed by atoms with Gasteiger partial charge in [0.05, 0.1) is 27.7 Å². The highest BCUT2D eigenvalue weighted by atomic mass is 19.2. The van der Waals surface area contributed by atoms with Crippen molar-refractivity contribution in [2.75, 3.05) is 13.2 Å². The van der Waals surface area contributed by atoms with Crippen LogP contribution < -0.4 is 4.74 Å². The molecule has 2 atom stereocenters. The lowest BCUT2D eigenvalue weighted by atomic mass is 9.87. The van der Waals surface area contributed by atoms with Crippen molar-refractivity contribution in [3.8, 4) is 28.0 Å². The molecule has 2 radical (unpaired) electrons. The van der Waals surface area contributed by atoms with Crippen molar-refractivity contribution < 1.29 is 31.8 Å². The van der Waals surface area contributed by atoms with E-state index < -0.39 is 29.6 Å². The van der Waals surface area contributed by atoms with Gasteiger partial charge >= 0.3 is 0 Å². The first-order valence-electron chi connectivity index (χ1n) is 11.5. The van der Waals surface area contributed by atoms with Gasteiger partial charge in [-0.05, 0) is 48.9 Å². The second-order valence-electron chi connectivity index (χ2n) is 8.40. The third kappa shape index (κ3) is 5.54. The lowest BCUT2D eigenvalue weighted by Gasteiger charge is -2.28. The molecule has 3 aromatic carbocycles. The van der Waals surface area contributed by atoms with Gasteiger partial charge in [0.15, 0.2) is 29.5 Å². The molecule has 3 aromatic rings. The molecule has 1 aliphatic rings. The first-order valence-corrected chi connectivity index (χ1v) is 11.5. The van der Waals surface area contributed by atoms with Gasteiger partial charge in [-0.3, -0.25) is 0 Å². The quantitative estimate of drug-likeness (QED) is 0.259. The van der Waals surface area contributed by atoms with E-state index in [0.29, 0.717) is 36.4 Å². The van der Waals surface area contributed by atoms with Crippen LogP contribution in [-0.4, -0.2) is 27.4 Å². The van der Waals surface area contributed by atoms with Crippen LogP contribution in [0.25, 0.3) is 22.3 Å². The molecule has 0 N–H and O–H groups in total. The highest BCUT2D eigenvalue weighted by Crippen LogP contribution is 2.33. The van der Waals surface area contributed by atoms with E-state index in [-0.39, 0.29) is 35.7 Å². The van der Waals surface area contributed by atoms with Gasteiger partial charge < -0.3 is 14.2 Å². The highest BCUT2D eigenvalue weighted by molar-refractivity contribution is 6.08. The first kappa shape index (κ1) is 25.3. The van der Waals surface area contributed by atoms with Crippen LogP contribution in [0.3, 0.4) is 0 Å². The molecule has 8 heteroatoms. The molecule has 0 spiro atoms.